The highest BCUT2D eigenvalue weighted by atomic mass is 31.2. The van der Waals surface area contributed by atoms with Gasteiger partial charge in [0.2, 0.25) is 0 Å². The van der Waals surface area contributed by atoms with Crippen molar-refractivity contribution in [3.8, 4) is 0 Å². The van der Waals surface area contributed by atoms with Crippen LogP contribution in [0.2, 0.25) is 0 Å². The molecule has 3 N–H and O–H groups in total. The molecule has 103 heavy (non-hydrogen) atoms. The Balaban J connectivity index is 5.26. The van der Waals surface area contributed by atoms with Crippen LogP contribution in [0, 0.1) is 5.92 Å². The Morgan fingerprint density at radius 1 is 0.262 bits per heavy atom. The molecule has 612 valence electrons. The van der Waals surface area contributed by atoms with Crippen LogP contribution in [0.1, 0.15) is 452 Å². The molecule has 0 bridgehead atoms. The third-order valence-corrected chi connectivity index (χ3v) is 21.7. The fraction of sp³-hybridized carbons (Fsp3) is 0.952. The van der Waals surface area contributed by atoms with E-state index in [0.717, 1.165) is 95.8 Å². The minimum atomic E-state index is -4.96. The Labute approximate surface area is 632 Å². The largest absolute Gasteiger partial charge is 0.472 e. The van der Waals surface area contributed by atoms with Crippen LogP contribution >= 0.6 is 15.6 Å². The average molecular weight is 1510 g/mol. The van der Waals surface area contributed by atoms with Crippen LogP contribution in [-0.4, -0.2) is 96.7 Å². The lowest BCUT2D eigenvalue weighted by Gasteiger charge is -2.21. The number of carbonyl (C=O) groups excluding carboxylic acids is 4. The van der Waals surface area contributed by atoms with E-state index in [1.54, 1.807) is 0 Å². The Hall–Kier alpha value is -1.94. The van der Waals surface area contributed by atoms with Crippen LogP contribution in [0.15, 0.2) is 0 Å². The molecular weight excluding hydrogens is 1340 g/mol. The van der Waals surface area contributed by atoms with Gasteiger partial charge >= 0.3 is 39.5 Å². The Morgan fingerprint density at radius 2 is 0.447 bits per heavy atom. The quantitative estimate of drug-likeness (QED) is 0.0222. The van der Waals surface area contributed by atoms with Gasteiger partial charge in [-0.15, -0.1) is 0 Å². The van der Waals surface area contributed by atoms with Gasteiger partial charge in [0.05, 0.1) is 26.4 Å². The van der Waals surface area contributed by atoms with Crippen LogP contribution in [0.3, 0.4) is 0 Å². The van der Waals surface area contributed by atoms with Crippen molar-refractivity contribution in [1.82, 2.24) is 0 Å². The number of unbranched alkanes of at least 4 members (excludes halogenated alkanes) is 56. The fourth-order valence-electron chi connectivity index (χ4n) is 13.1. The molecule has 0 heterocycles. The standard InChI is InChI=1S/C84H164O17P2/c1-6-9-12-15-18-21-24-27-29-30-31-32-34-39-45-50-55-60-65-70-84(89)101-80(74-95-82(87)68-63-58-53-48-43-40-35-37-41-46-51-56-61-66-77(4)5)76-99-103(92,93)97-72-78(85)71-96-102(90,91)98-75-79(73-94-81(86)67-62-57-52-47-42-36-26-23-20-17-14-11-8-3)100-83(88)69-64-59-54-49-44-38-33-28-25-22-19-16-13-10-7-2/h77-80,85H,6-76H2,1-5H3,(H,90,91)(H,92,93)/t78-,79+,80+/m0/s1. The maximum Gasteiger partial charge on any atom is 0.472 e. The van der Waals surface area contributed by atoms with E-state index in [2.05, 4.69) is 34.6 Å². The molecule has 0 rings (SSSR count). The molecule has 0 saturated carbocycles. The van der Waals surface area contributed by atoms with E-state index in [4.69, 9.17) is 37.0 Å². The molecule has 0 aliphatic carbocycles. The molecule has 19 heteroatoms. The molecule has 0 aromatic rings. The van der Waals surface area contributed by atoms with Gasteiger partial charge in [-0.3, -0.25) is 37.3 Å². The number of aliphatic hydroxyl groups excluding tert-OH is 1. The molecule has 2 unspecified atom stereocenters. The van der Waals surface area contributed by atoms with Crippen molar-refractivity contribution < 1.29 is 80.2 Å². The van der Waals surface area contributed by atoms with Crippen molar-refractivity contribution in [2.24, 2.45) is 5.92 Å². The number of hydrogen-bond acceptors (Lipinski definition) is 15. The second kappa shape index (κ2) is 76.8. The smallest absolute Gasteiger partial charge is 0.462 e. The SMILES string of the molecule is CCCCCCCCCCCCCCCCCCCCCC(=O)O[C@H](COC(=O)CCCCCCCCCCCCCCCC(C)C)COP(=O)(O)OC[C@@H](O)COP(=O)(O)OC[C@@H](COC(=O)CCCCCCCCCCCCCCC)OC(=O)CCCCCCCCCCCCCCCCC. The Bertz CT molecular complexity index is 1960. The summed E-state index contributed by atoms with van der Waals surface area (Å²) in [6.07, 6.45) is 69.2. The van der Waals surface area contributed by atoms with Crippen LogP contribution in [0.5, 0.6) is 0 Å². The van der Waals surface area contributed by atoms with Crippen molar-refractivity contribution in [2.75, 3.05) is 39.6 Å². The van der Waals surface area contributed by atoms with Gasteiger partial charge in [0.25, 0.3) is 0 Å². The van der Waals surface area contributed by atoms with Crippen LogP contribution in [0.25, 0.3) is 0 Å². The monoisotopic (exact) mass is 1510 g/mol. The molecule has 5 atom stereocenters. The van der Waals surface area contributed by atoms with Gasteiger partial charge in [0.15, 0.2) is 12.2 Å². The average Bonchev–Trinajstić information content (AvgIpc) is 1.00. The minimum absolute atomic E-state index is 0.109. The van der Waals surface area contributed by atoms with Gasteiger partial charge in [0, 0.05) is 25.7 Å². The van der Waals surface area contributed by atoms with Crippen LogP contribution in [0.4, 0.5) is 0 Å². The number of phosphoric ester groups is 2. The van der Waals surface area contributed by atoms with Crippen molar-refractivity contribution in [1.29, 1.82) is 0 Å². The molecule has 0 fully saturated rings. The molecule has 0 radical (unpaired) electrons. The first kappa shape index (κ1) is 101. The molecule has 17 nitrogen and oxygen atoms in total. The van der Waals surface area contributed by atoms with Gasteiger partial charge in [-0.2, -0.15) is 0 Å². The van der Waals surface area contributed by atoms with Gasteiger partial charge < -0.3 is 33.8 Å². The number of hydrogen-bond donors (Lipinski definition) is 3. The summed E-state index contributed by atoms with van der Waals surface area (Å²) in [7, 11) is -9.92. The predicted octanol–water partition coefficient (Wildman–Crippen LogP) is 25.6. The lowest BCUT2D eigenvalue weighted by molar-refractivity contribution is -0.161. The van der Waals surface area contributed by atoms with E-state index in [9.17, 15) is 43.2 Å². The van der Waals surface area contributed by atoms with Gasteiger partial charge in [-0.1, -0.05) is 401 Å². The number of phosphoric acid groups is 2. The molecule has 0 spiro atoms. The van der Waals surface area contributed by atoms with E-state index in [1.165, 1.54) is 276 Å². The van der Waals surface area contributed by atoms with Crippen molar-refractivity contribution >= 4 is 39.5 Å². The minimum Gasteiger partial charge on any atom is -0.462 e. The zero-order valence-electron chi connectivity index (χ0n) is 67.5. The summed E-state index contributed by atoms with van der Waals surface area (Å²) < 4.78 is 68.9. The molecule has 0 saturated heterocycles. The maximum absolute atomic E-state index is 13.1. The van der Waals surface area contributed by atoms with Crippen LogP contribution < -0.4 is 0 Å². The molecule has 0 aliphatic rings. The lowest BCUT2D eigenvalue weighted by Crippen LogP contribution is -2.30. The van der Waals surface area contributed by atoms with Gasteiger partial charge in [-0.05, 0) is 31.6 Å². The van der Waals surface area contributed by atoms with Crippen molar-refractivity contribution in [2.45, 2.75) is 470 Å². The second-order valence-corrected chi connectivity index (χ2v) is 33.6. The van der Waals surface area contributed by atoms with E-state index in [-0.39, 0.29) is 25.7 Å². The van der Waals surface area contributed by atoms with E-state index in [0.29, 0.717) is 25.7 Å². The van der Waals surface area contributed by atoms with E-state index < -0.39 is 97.5 Å². The predicted molar refractivity (Wildman–Crippen MR) is 423 cm³/mol. The molecule has 0 aliphatic heterocycles. The summed E-state index contributed by atoms with van der Waals surface area (Å²) >= 11 is 0. The maximum atomic E-state index is 13.1. The topological polar surface area (TPSA) is 237 Å². The van der Waals surface area contributed by atoms with Crippen LogP contribution in [-0.2, 0) is 65.4 Å². The van der Waals surface area contributed by atoms with Gasteiger partial charge in [-0.25, -0.2) is 9.13 Å². The van der Waals surface area contributed by atoms with E-state index in [1.807, 2.05) is 0 Å². The number of ether oxygens (including phenoxy) is 4. The Kier molecular flexibility index (Phi) is 75.4. The third kappa shape index (κ3) is 78.0. The molecular formula is C84H164O17P2. The molecule has 0 aromatic heterocycles. The van der Waals surface area contributed by atoms with Crippen molar-refractivity contribution in [3.63, 3.8) is 0 Å². The number of esters is 4. The Morgan fingerprint density at radius 3 is 0.660 bits per heavy atom. The molecule has 0 aromatic carbocycles. The summed E-state index contributed by atoms with van der Waals surface area (Å²) in [6, 6.07) is 0. The first-order chi connectivity index (χ1) is 50.0. The molecule has 0 amide bonds. The van der Waals surface area contributed by atoms with Gasteiger partial charge in [0.1, 0.15) is 19.3 Å². The number of carbonyl (C=O) groups is 4. The lowest BCUT2D eigenvalue weighted by atomic mass is 10.0. The normalized spacial score (nSPS) is 13.8. The zero-order chi connectivity index (χ0) is 75.5. The zero-order valence-corrected chi connectivity index (χ0v) is 69.3. The highest BCUT2D eigenvalue weighted by Crippen LogP contribution is 2.45. The number of rotatable bonds is 84. The first-order valence-corrected chi connectivity index (χ1v) is 46.6. The number of aliphatic hydroxyl groups is 1. The summed E-state index contributed by atoms with van der Waals surface area (Å²) in [5.41, 5.74) is 0. The highest BCUT2D eigenvalue weighted by Gasteiger charge is 2.30. The second-order valence-electron chi connectivity index (χ2n) is 30.7. The summed E-state index contributed by atoms with van der Waals surface area (Å²) in [6.45, 7) is 7.38. The van der Waals surface area contributed by atoms with E-state index >= 15 is 0 Å². The summed E-state index contributed by atoms with van der Waals surface area (Å²) in [5.74, 6) is -1.31. The van der Waals surface area contributed by atoms with Crippen molar-refractivity contribution in [3.05, 3.63) is 0 Å². The highest BCUT2D eigenvalue weighted by molar-refractivity contribution is 7.47. The summed E-state index contributed by atoms with van der Waals surface area (Å²) in [5, 5.41) is 10.7. The fourth-order valence-corrected chi connectivity index (χ4v) is 14.7. The third-order valence-electron chi connectivity index (χ3n) is 19.8. The summed E-state index contributed by atoms with van der Waals surface area (Å²) in [4.78, 5) is 73.2. The first-order valence-electron chi connectivity index (χ1n) is 43.6.